The van der Waals surface area contributed by atoms with Crippen LogP contribution in [0.25, 0.3) is 4.96 Å². The zero-order valence-electron chi connectivity index (χ0n) is 12.1. The van der Waals surface area contributed by atoms with Gasteiger partial charge in [0, 0.05) is 36.9 Å². The van der Waals surface area contributed by atoms with Crippen LogP contribution < -0.4 is 0 Å². The molecule has 0 aliphatic carbocycles. The molecule has 2 atom stereocenters. The van der Waals surface area contributed by atoms with Crippen LogP contribution in [-0.2, 0) is 11.2 Å². The minimum atomic E-state index is 0.187. The van der Waals surface area contributed by atoms with Crippen LogP contribution in [0.15, 0.2) is 17.8 Å². The Morgan fingerprint density at radius 1 is 1.50 bits per heavy atom. The van der Waals surface area contributed by atoms with Crippen LogP contribution in [0, 0.1) is 5.92 Å². The lowest BCUT2D eigenvalue weighted by atomic mass is 10.1. The van der Waals surface area contributed by atoms with Gasteiger partial charge in [-0.2, -0.15) is 0 Å². The number of fused-ring (bicyclic) bond motifs is 1. The number of imidazole rings is 1. The van der Waals surface area contributed by atoms with Crippen LogP contribution in [0.4, 0.5) is 0 Å². The van der Waals surface area contributed by atoms with Crippen LogP contribution in [0.2, 0.25) is 0 Å². The van der Waals surface area contributed by atoms with E-state index in [0.717, 1.165) is 23.7 Å². The molecule has 5 nitrogen and oxygen atoms in total. The normalized spacial score (nSPS) is 23.1. The summed E-state index contributed by atoms with van der Waals surface area (Å²) in [5, 5.41) is 2.00. The number of nitrogens with zero attached hydrogens (tertiary/aromatic N) is 4. The molecule has 6 heteroatoms. The molecule has 1 fully saturated rings. The Morgan fingerprint density at radius 3 is 2.95 bits per heavy atom. The SMILES string of the molecule is CC1CN(C(=O)Cc2cn3ccsc3n2)CC1N(C)C. The molecule has 0 saturated carbocycles. The van der Waals surface area contributed by atoms with Gasteiger partial charge in [-0.3, -0.25) is 9.20 Å². The first-order chi connectivity index (χ1) is 9.54. The number of likely N-dealkylation sites (N-methyl/N-ethyl adjacent to an activating group) is 1. The molecule has 2 aromatic rings. The third-order valence-electron chi connectivity index (χ3n) is 4.06. The summed E-state index contributed by atoms with van der Waals surface area (Å²) in [6.07, 6.45) is 4.33. The Bertz CT molecular complexity index is 589. The molecule has 3 rings (SSSR count). The first kappa shape index (κ1) is 13.6. The zero-order valence-corrected chi connectivity index (χ0v) is 12.9. The van der Waals surface area contributed by atoms with Gasteiger partial charge < -0.3 is 9.80 Å². The van der Waals surface area contributed by atoms with Crippen molar-refractivity contribution in [2.75, 3.05) is 27.2 Å². The summed E-state index contributed by atoms with van der Waals surface area (Å²) in [6.45, 7) is 3.89. The largest absolute Gasteiger partial charge is 0.340 e. The molecule has 1 saturated heterocycles. The fraction of sp³-hybridized carbons (Fsp3) is 0.571. The maximum absolute atomic E-state index is 12.4. The molecule has 0 aromatic carbocycles. The van der Waals surface area contributed by atoms with Gasteiger partial charge in [0.15, 0.2) is 4.96 Å². The molecule has 0 N–H and O–H groups in total. The van der Waals surface area contributed by atoms with E-state index >= 15 is 0 Å². The maximum atomic E-state index is 12.4. The smallest absolute Gasteiger partial charge is 0.228 e. The first-order valence-electron chi connectivity index (χ1n) is 6.90. The van der Waals surface area contributed by atoms with E-state index in [4.69, 9.17) is 0 Å². The van der Waals surface area contributed by atoms with E-state index in [1.165, 1.54) is 0 Å². The Morgan fingerprint density at radius 2 is 2.30 bits per heavy atom. The molecule has 2 unspecified atom stereocenters. The number of carbonyl (C=O) groups is 1. The second kappa shape index (κ2) is 5.18. The van der Waals surface area contributed by atoms with Crippen LogP contribution in [0.1, 0.15) is 12.6 Å². The zero-order chi connectivity index (χ0) is 14.3. The Labute approximate surface area is 122 Å². The number of rotatable bonds is 3. The highest BCUT2D eigenvalue weighted by atomic mass is 32.1. The lowest BCUT2D eigenvalue weighted by Crippen LogP contribution is -2.36. The molecule has 1 amide bonds. The third-order valence-corrected chi connectivity index (χ3v) is 4.83. The molecule has 0 spiro atoms. The average molecular weight is 292 g/mol. The topological polar surface area (TPSA) is 40.9 Å². The summed E-state index contributed by atoms with van der Waals surface area (Å²) >= 11 is 1.59. The van der Waals surface area contributed by atoms with E-state index in [2.05, 4.69) is 30.9 Å². The van der Waals surface area contributed by atoms with Crippen molar-refractivity contribution in [2.45, 2.75) is 19.4 Å². The molecule has 108 valence electrons. The fourth-order valence-electron chi connectivity index (χ4n) is 2.95. The Kier molecular flexibility index (Phi) is 3.52. The van der Waals surface area contributed by atoms with Gasteiger partial charge in [0.05, 0.1) is 12.1 Å². The third kappa shape index (κ3) is 2.45. The summed E-state index contributed by atoms with van der Waals surface area (Å²) in [6, 6.07) is 0.462. The van der Waals surface area contributed by atoms with E-state index < -0.39 is 0 Å². The van der Waals surface area contributed by atoms with Gasteiger partial charge in [-0.1, -0.05) is 6.92 Å². The van der Waals surface area contributed by atoms with Crippen molar-refractivity contribution in [1.29, 1.82) is 0 Å². The van der Waals surface area contributed by atoms with Crippen molar-refractivity contribution in [2.24, 2.45) is 5.92 Å². The standard InChI is InChI=1S/C14H20N4OS/c1-10-7-18(9-12(10)16(2)3)13(19)6-11-8-17-4-5-20-14(17)15-11/h4-5,8,10,12H,6-7,9H2,1-3H3. The number of likely N-dealkylation sites (tertiary alicyclic amines) is 1. The number of thiazole rings is 1. The van der Waals surface area contributed by atoms with E-state index in [1.807, 2.05) is 27.1 Å². The van der Waals surface area contributed by atoms with Gasteiger partial charge in [0.2, 0.25) is 5.91 Å². The molecule has 1 aliphatic rings. The van der Waals surface area contributed by atoms with Crippen LogP contribution in [0.5, 0.6) is 0 Å². The lowest BCUT2D eigenvalue weighted by molar-refractivity contribution is -0.129. The van der Waals surface area contributed by atoms with Gasteiger partial charge in [0.1, 0.15) is 0 Å². The monoisotopic (exact) mass is 292 g/mol. The van der Waals surface area contributed by atoms with E-state index in [-0.39, 0.29) is 5.91 Å². The Balaban J connectivity index is 1.66. The lowest BCUT2D eigenvalue weighted by Gasteiger charge is -2.22. The fourth-order valence-corrected chi connectivity index (χ4v) is 3.67. The molecule has 0 bridgehead atoms. The van der Waals surface area contributed by atoms with Crippen LogP contribution >= 0.6 is 11.3 Å². The van der Waals surface area contributed by atoms with E-state index in [0.29, 0.717) is 18.4 Å². The minimum absolute atomic E-state index is 0.187. The van der Waals surface area contributed by atoms with Crippen molar-refractivity contribution in [3.05, 3.63) is 23.5 Å². The summed E-state index contributed by atoms with van der Waals surface area (Å²) in [5.41, 5.74) is 0.864. The Hall–Kier alpha value is -1.40. The van der Waals surface area contributed by atoms with E-state index in [9.17, 15) is 4.79 Å². The summed E-state index contributed by atoms with van der Waals surface area (Å²) < 4.78 is 1.97. The molecule has 3 heterocycles. The van der Waals surface area contributed by atoms with Gasteiger partial charge in [-0.15, -0.1) is 11.3 Å². The van der Waals surface area contributed by atoms with Crippen molar-refractivity contribution in [1.82, 2.24) is 19.2 Å². The van der Waals surface area contributed by atoms with Gasteiger partial charge >= 0.3 is 0 Å². The van der Waals surface area contributed by atoms with Crippen molar-refractivity contribution < 1.29 is 4.79 Å². The second-order valence-electron chi connectivity index (χ2n) is 5.81. The highest BCUT2D eigenvalue weighted by Crippen LogP contribution is 2.21. The minimum Gasteiger partial charge on any atom is -0.340 e. The van der Waals surface area contributed by atoms with Crippen molar-refractivity contribution in [3.63, 3.8) is 0 Å². The molecule has 0 radical (unpaired) electrons. The number of hydrogen-bond donors (Lipinski definition) is 0. The highest BCUT2D eigenvalue weighted by Gasteiger charge is 2.33. The van der Waals surface area contributed by atoms with Gasteiger partial charge in [-0.05, 0) is 20.0 Å². The molecule has 1 aliphatic heterocycles. The average Bonchev–Trinajstić information content (AvgIpc) is 3.02. The molecule has 20 heavy (non-hydrogen) atoms. The van der Waals surface area contributed by atoms with Crippen molar-refractivity contribution >= 4 is 22.2 Å². The molecular formula is C14H20N4OS. The summed E-state index contributed by atoms with van der Waals surface area (Å²) in [7, 11) is 4.16. The maximum Gasteiger partial charge on any atom is 0.228 e. The summed E-state index contributed by atoms with van der Waals surface area (Å²) in [4.78, 5) is 22.0. The van der Waals surface area contributed by atoms with Crippen LogP contribution in [0.3, 0.4) is 0 Å². The number of carbonyl (C=O) groups excluding carboxylic acids is 1. The second-order valence-corrected chi connectivity index (χ2v) is 6.68. The van der Waals surface area contributed by atoms with Crippen LogP contribution in [-0.4, -0.2) is 58.3 Å². The molecule has 2 aromatic heterocycles. The molecular weight excluding hydrogens is 272 g/mol. The quantitative estimate of drug-likeness (QED) is 0.857. The first-order valence-corrected chi connectivity index (χ1v) is 7.78. The predicted molar refractivity (Wildman–Crippen MR) is 80.0 cm³/mol. The number of hydrogen-bond acceptors (Lipinski definition) is 4. The van der Waals surface area contributed by atoms with Gasteiger partial charge in [0.25, 0.3) is 0 Å². The summed E-state index contributed by atoms with van der Waals surface area (Å²) in [5.74, 6) is 0.714. The number of amides is 1. The van der Waals surface area contributed by atoms with E-state index in [1.54, 1.807) is 11.3 Å². The highest BCUT2D eigenvalue weighted by molar-refractivity contribution is 7.15. The van der Waals surface area contributed by atoms with Gasteiger partial charge in [-0.25, -0.2) is 4.98 Å². The van der Waals surface area contributed by atoms with Crippen molar-refractivity contribution in [3.8, 4) is 0 Å². The predicted octanol–water partition coefficient (Wildman–Crippen LogP) is 1.35. The number of aromatic nitrogens is 2.